The van der Waals surface area contributed by atoms with Gasteiger partial charge in [0.15, 0.2) is 29.6 Å². The Kier molecular flexibility index (Phi) is 11.1. The molecule has 50 heavy (non-hydrogen) atoms. The van der Waals surface area contributed by atoms with Crippen LogP contribution in [0.3, 0.4) is 0 Å². The number of carbonyl (C=O) groups is 3. The number of amides is 1. The number of phenolic OH excluding ortho intramolecular Hbond substituents is 1. The number of nitrogens with zero attached hydrogens (tertiary/aromatic N) is 4. The van der Waals surface area contributed by atoms with Crippen molar-refractivity contribution in [2.24, 2.45) is 0 Å². The number of aromatic nitrogens is 4. The normalized spacial score (nSPS) is 16.1. The van der Waals surface area contributed by atoms with Gasteiger partial charge < -0.3 is 40.2 Å². The number of aryl methyl sites for hydroxylation is 1. The minimum atomic E-state index is -2.27. The van der Waals surface area contributed by atoms with Crippen molar-refractivity contribution in [1.82, 2.24) is 30.0 Å². The third-order valence-corrected chi connectivity index (χ3v) is 8.89. The summed E-state index contributed by atoms with van der Waals surface area (Å²) in [7, 11) is 1.99. The molecule has 2 aliphatic rings. The number of imidazole rings is 1. The molecular formula is C33H38F2N6O9. The molecule has 6 rings (SSSR count). The number of hydrogen-bond acceptors (Lipinski definition) is 10. The molecule has 17 heteroatoms. The van der Waals surface area contributed by atoms with Crippen molar-refractivity contribution in [3.05, 3.63) is 52.9 Å². The van der Waals surface area contributed by atoms with E-state index in [4.69, 9.17) is 30.1 Å². The minimum Gasteiger partial charge on any atom is -0.505 e. The fourth-order valence-corrected chi connectivity index (χ4v) is 6.06. The number of fused-ring (bicyclic) bond motifs is 2. The number of aromatic amines is 2. The van der Waals surface area contributed by atoms with E-state index in [0.717, 1.165) is 37.4 Å². The molecule has 4 aromatic rings. The second-order valence-corrected chi connectivity index (χ2v) is 12.2. The van der Waals surface area contributed by atoms with Gasteiger partial charge in [-0.05, 0) is 67.3 Å². The van der Waals surface area contributed by atoms with Gasteiger partial charge in [0.05, 0.1) is 35.4 Å². The number of H-pyrrole nitrogens is 2. The van der Waals surface area contributed by atoms with E-state index < -0.39 is 41.5 Å². The summed E-state index contributed by atoms with van der Waals surface area (Å²) in [6, 6.07) is 6.01. The van der Waals surface area contributed by atoms with Crippen LogP contribution in [0, 0.1) is 11.6 Å². The van der Waals surface area contributed by atoms with Crippen LogP contribution < -0.4 is 0 Å². The zero-order chi connectivity index (χ0) is 36.3. The van der Waals surface area contributed by atoms with Gasteiger partial charge in [-0.3, -0.25) is 14.8 Å². The highest BCUT2D eigenvalue weighted by Crippen LogP contribution is 2.35. The summed E-state index contributed by atoms with van der Waals surface area (Å²) in [6.45, 7) is 4.67. The van der Waals surface area contributed by atoms with Crippen molar-refractivity contribution in [3.8, 4) is 28.4 Å². The number of hydrogen-bond donors (Lipinski definition) is 7. The molecule has 2 aromatic carbocycles. The van der Waals surface area contributed by atoms with Crippen molar-refractivity contribution >= 4 is 28.7 Å². The monoisotopic (exact) mass is 700 g/mol. The van der Waals surface area contributed by atoms with E-state index in [2.05, 4.69) is 20.1 Å². The molecule has 1 fully saturated rings. The third-order valence-electron chi connectivity index (χ3n) is 8.89. The molecular weight excluding hydrogens is 662 g/mol. The maximum absolute atomic E-state index is 15.5. The summed E-state index contributed by atoms with van der Waals surface area (Å²) >= 11 is 0. The molecule has 2 unspecified atom stereocenters. The Labute approximate surface area is 284 Å². The molecule has 0 radical (unpaired) electrons. The van der Waals surface area contributed by atoms with Gasteiger partial charge in [-0.25, -0.2) is 23.4 Å². The molecule has 1 amide bonds. The molecule has 268 valence electrons. The number of nitrogens with one attached hydrogen (secondary N) is 2. The third kappa shape index (κ3) is 7.75. The highest BCUT2D eigenvalue weighted by Gasteiger charge is 2.30. The number of benzene rings is 2. The van der Waals surface area contributed by atoms with Crippen molar-refractivity contribution in [1.29, 1.82) is 0 Å². The van der Waals surface area contributed by atoms with Crippen LogP contribution in [0.25, 0.3) is 33.5 Å². The quantitative estimate of drug-likeness (QED) is 0.133. The Morgan fingerprint density at radius 2 is 1.74 bits per heavy atom. The Morgan fingerprint density at radius 1 is 1.06 bits per heavy atom. The molecule has 0 bridgehead atoms. The lowest BCUT2D eigenvalue weighted by Gasteiger charge is -2.33. The van der Waals surface area contributed by atoms with Gasteiger partial charge in [0.25, 0.3) is 0 Å². The number of phenols is 1. The standard InChI is InChI=1S/C29H32F2N6O3.C4H6O6/c1-3-16-12-25(38)20(30)13-19(16)17-10-21(31)27-23(11-17)34-35-28(27)29-32-22-4-7-37(14-24(22)33-29)26(39)15-36(2)18-5-8-40-9-6-18;5-1(3(7)8)2(6)4(9)10/h10-13,18,38H,3-9,14-15H2,1-2H3,(H,32,33)(H,34,35);1-2,5-6H,(H,7,8)(H,9,10). The number of aromatic hydroxyl groups is 1. The van der Waals surface area contributed by atoms with Crippen LogP contribution in [-0.2, 0) is 38.5 Å². The number of carboxylic acids is 2. The lowest BCUT2D eigenvalue weighted by Crippen LogP contribution is -2.45. The fraction of sp³-hybridized carbons (Fsp3) is 0.424. The maximum Gasteiger partial charge on any atom is 0.335 e. The average Bonchev–Trinajstić information content (AvgIpc) is 3.73. The zero-order valence-corrected chi connectivity index (χ0v) is 27.3. The summed E-state index contributed by atoms with van der Waals surface area (Å²) in [4.78, 5) is 44.5. The van der Waals surface area contributed by atoms with Gasteiger partial charge >= 0.3 is 11.9 Å². The Bertz CT molecular complexity index is 1870. The van der Waals surface area contributed by atoms with Crippen molar-refractivity contribution in [3.63, 3.8) is 0 Å². The molecule has 4 heterocycles. The molecule has 2 atom stereocenters. The van der Waals surface area contributed by atoms with Crippen LogP contribution >= 0.6 is 0 Å². The fourth-order valence-electron chi connectivity index (χ4n) is 6.06. The molecule has 2 aromatic heterocycles. The van der Waals surface area contributed by atoms with E-state index in [9.17, 15) is 23.9 Å². The Balaban J connectivity index is 0.000000425. The lowest BCUT2D eigenvalue weighted by molar-refractivity contribution is -0.165. The second kappa shape index (κ2) is 15.3. The number of carbonyl (C=O) groups excluding carboxylic acids is 1. The highest BCUT2D eigenvalue weighted by atomic mass is 19.1. The Hall–Kier alpha value is -4.97. The largest absolute Gasteiger partial charge is 0.505 e. The first-order chi connectivity index (χ1) is 23.8. The SMILES string of the molecule is CCc1cc(O)c(F)cc1-c1cc(F)c2c(-c3nc4c([nH]3)CN(C(=O)CN(C)C3CCOCC3)CC4)n[nH]c2c1.O=C(O)C(O)C(O)C(=O)O. The second-order valence-electron chi connectivity index (χ2n) is 12.2. The predicted molar refractivity (Wildman–Crippen MR) is 173 cm³/mol. The van der Waals surface area contributed by atoms with E-state index >= 15 is 4.39 Å². The summed E-state index contributed by atoms with van der Waals surface area (Å²) in [5.74, 6) is -4.75. The van der Waals surface area contributed by atoms with Crippen LogP contribution in [0.1, 0.15) is 36.7 Å². The van der Waals surface area contributed by atoms with Gasteiger partial charge in [0.1, 0.15) is 11.5 Å². The molecule has 7 N–H and O–H groups in total. The molecule has 1 saturated heterocycles. The lowest BCUT2D eigenvalue weighted by atomic mass is 9.96. The number of rotatable bonds is 9. The van der Waals surface area contributed by atoms with Crippen molar-refractivity contribution < 1.29 is 53.4 Å². The number of ether oxygens (including phenoxy) is 1. The first-order valence-corrected chi connectivity index (χ1v) is 15.9. The summed E-state index contributed by atoms with van der Waals surface area (Å²) in [5.41, 5.74) is 4.15. The maximum atomic E-state index is 15.5. The average molecular weight is 701 g/mol. The number of aliphatic carboxylic acids is 2. The van der Waals surface area contributed by atoms with E-state index in [1.807, 2.05) is 18.9 Å². The number of aliphatic hydroxyl groups is 2. The van der Waals surface area contributed by atoms with Crippen molar-refractivity contribution in [2.45, 2.75) is 57.4 Å². The summed E-state index contributed by atoms with van der Waals surface area (Å²) in [5, 5.41) is 49.8. The van der Waals surface area contributed by atoms with Crippen LogP contribution in [0.15, 0.2) is 24.3 Å². The van der Waals surface area contributed by atoms with Gasteiger partial charge in [-0.1, -0.05) is 6.92 Å². The molecule has 2 aliphatic heterocycles. The molecule has 0 spiro atoms. The summed E-state index contributed by atoms with van der Waals surface area (Å²) in [6.07, 6.45) is -1.53. The van der Waals surface area contributed by atoms with Gasteiger partial charge in [-0.2, -0.15) is 5.10 Å². The smallest absolute Gasteiger partial charge is 0.335 e. The Morgan fingerprint density at radius 3 is 2.38 bits per heavy atom. The van der Waals surface area contributed by atoms with E-state index in [1.165, 1.54) is 18.2 Å². The molecule has 15 nitrogen and oxygen atoms in total. The van der Waals surface area contributed by atoms with Gasteiger partial charge in [-0.15, -0.1) is 0 Å². The van der Waals surface area contributed by atoms with Crippen LogP contribution in [0.4, 0.5) is 8.78 Å². The highest BCUT2D eigenvalue weighted by molar-refractivity contribution is 5.95. The molecule has 0 aliphatic carbocycles. The van der Waals surface area contributed by atoms with Crippen LogP contribution in [0.5, 0.6) is 5.75 Å². The first kappa shape index (κ1) is 36.3. The predicted octanol–water partition coefficient (Wildman–Crippen LogP) is 2.04. The van der Waals surface area contributed by atoms with Crippen LogP contribution in [-0.4, -0.2) is 125 Å². The topological polar surface area (TPSA) is 225 Å². The first-order valence-electron chi connectivity index (χ1n) is 15.9. The number of carboxylic acid groups (broad SMARTS) is 2. The number of aliphatic hydroxyl groups excluding tert-OH is 2. The van der Waals surface area contributed by atoms with E-state index in [1.54, 1.807) is 6.07 Å². The number of likely N-dealkylation sites (N-methyl/N-ethyl adjacent to an activating group) is 1. The van der Waals surface area contributed by atoms with E-state index in [-0.39, 0.29) is 11.3 Å². The summed E-state index contributed by atoms with van der Waals surface area (Å²) < 4.78 is 35.1. The van der Waals surface area contributed by atoms with E-state index in [0.29, 0.717) is 72.2 Å². The van der Waals surface area contributed by atoms with Crippen molar-refractivity contribution in [2.75, 3.05) is 33.4 Å². The van der Waals surface area contributed by atoms with Gasteiger partial charge in [0, 0.05) is 32.2 Å². The number of halogens is 2. The molecule has 0 saturated carbocycles. The zero-order valence-electron chi connectivity index (χ0n) is 27.3. The minimum absolute atomic E-state index is 0.0664. The van der Waals surface area contributed by atoms with Crippen LogP contribution in [0.2, 0.25) is 0 Å². The van der Waals surface area contributed by atoms with Gasteiger partial charge in [0.2, 0.25) is 5.91 Å².